The van der Waals surface area contributed by atoms with Crippen LogP contribution in [-0.2, 0) is 14.8 Å². The highest BCUT2D eigenvalue weighted by molar-refractivity contribution is 7.92. The second kappa shape index (κ2) is 10.8. The standard InChI is InChI=1S/C22H29ClN2O6S/c1-7-19(25(32(6,27)28)15-8-10-21(31-5)18(23)12-15)22(26)24-14(2)17-13-16(29-3)9-11-20(17)30-4/h8-14,19H,7H2,1-6H3,(H,24,26)/t14-,19+/m1/s1. The molecule has 0 heterocycles. The third kappa shape index (κ3) is 5.77. The van der Waals surface area contributed by atoms with Gasteiger partial charge >= 0.3 is 0 Å². The maximum atomic E-state index is 13.2. The third-order valence-electron chi connectivity index (χ3n) is 4.98. The van der Waals surface area contributed by atoms with E-state index in [2.05, 4.69) is 5.32 Å². The monoisotopic (exact) mass is 484 g/mol. The van der Waals surface area contributed by atoms with Crippen molar-refractivity contribution < 1.29 is 27.4 Å². The number of halogens is 1. The van der Waals surface area contributed by atoms with Crippen LogP contribution in [0.3, 0.4) is 0 Å². The number of hydrogen-bond acceptors (Lipinski definition) is 6. The molecule has 32 heavy (non-hydrogen) atoms. The topological polar surface area (TPSA) is 94.2 Å². The van der Waals surface area contributed by atoms with E-state index >= 15 is 0 Å². The molecule has 0 aliphatic carbocycles. The zero-order valence-corrected chi connectivity index (χ0v) is 20.6. The van der Waals surface area contributed by atoms with Crippen LogP contribution >= 0.6 is 11.6 Å². The van der Waals surface area contributed by atoms with Crippen molar-refractivity contribution in [2.45, 2.75) is 32.4 Å². The van der Waals surface area contributed by atoms with E-state index in [9.17, 15) is 13.2 Å². The van der Waals surface area contributed by atoms with Crippen LogP contribution in [-0.4, -0.2) is 48.0 Å². The molecule has 2 aromatic rings. The number of hydrogen-bond donors (Lipinski definition) is 1. The van der Waals surface area contributed by atoms with Crippen LogP contribution in [0.25, 0.3) is 0 Å². The summed E-state index contributed by atoms with van der Waals surface area (Å²) in [6.07, 6.45) is 1.29. The largest absolute Gasteiger partial charge is 0.497 e. The highest BCUT2D eigenvalue weighted by atomic mass is 35.5. The maximum absolute atomic E-state index is 13.2. The Hall–Kier alpha value is -2.65. The van der Waals surface area contributed by atoms with Crippen LogP contribution < -0.4 is 23.8 Å². The molecule has 0 spiro atoms. The lowest BCUT2D eigenvalue weighted by molar-refractivity contribution is -0.122. The van der Waals surface area contributed by atoms with E-state index in [1.165, 1.54) is 20.3 Å². The highest BCUT2D eigenvalue weighted by Gasteiger charge is 2.33. The summed E-state index contributed by atoms with van der Waals surface area (Å²) in [7, 11) is 0.741. The molecule has 8 nitrogen and oxygen atoms in total. The first-order valence-corrected chi connectivity index (χ1v) is 12.1. The molecule has 0 bridgehead atoms. The number of methoxy groups -OCH3 is 3. The second-order valence-electron chi connectivity index (χ2n) is 7.14. The summed E-state index contributed by atoms with van der Waals surface area (Å²) in [4.78, 5) is 13.2. The van der Waals surface area contributed by atoms with Crippen LogP contribution in [0.4, 0.5) is 5.69 Å². The van der Waals surface area contributed by atoms with Crippen molar-refractivity contribution >= 4 is 33.2 Å². The Kier molecular flexibility index (Phi) is 8.63. The first kappa shape index (κ1) is 25.6. The molecule has 176 valence electrons. The van der Waals surface area contributed by atoms with Crippen LogP contribution in [0.2, 0.25) is 5.02 Å². The van der Waals surface area contributed by atoms with E-state index in [1.807, 2.05) is 0 Å². The summed E-state index contributed by atoms with van der Waals surface area (Å²) >= 11 is 6.20. The molecule has 0 aliphatic heterocycles. The predicted molar refractivity (Wildman–Crippen MR) is 126 cm³/mol. The van der Waals surface area contributed by atoms with Gasteiger partial charge in [-0.1, -0.05) is 18.5 Å². The van der Waals surface area contributed by atoms with E-state index in [0.29, 0.717) is 22.8 Å². The van der Waals surface area contributed by atoms with Gasteiger partial charge in [0.15, 0.2) is 0 Å². The smallest absolute Gasteiger partial charge is 0.244 e. The van der Waals surface area contributed by atoms with Crippen LogP contribution in [0.5, 0.6) is 17.2 Å². The highest BCUT2D eigenvalue weighted by Crippen LogP contribution is 2.33. The van der Waals surface area contributed by atoms with E-state index in [-0.39, 0.29) is 17.1 Å². The van der Waals surface area contributed by atoms with Crippen molar-refractivity contribution in [3.63, 3.8) is 0 Å². The van der Waals surface area contributed by atoms with Gasteiger partial charge in [0.05, 0.1) is 44.3 Å². The molecule has 0 saturated heterocycles. The van der Waals surface area contributed by atoms with Gasteiger partial charge in [0, 0.05) is 5.56 Å². The number of benzene rings is 2. The van der Waals surface area contributed by atoms with Gasteiger partial charge in [0.2, 0.25) is 15.9 Å². The number of nitrogens with one attached hydrogen (secondary N) is 1. The van der Waals surface area contributed by atoms with Gasteiger partial charge in [-0.3, -0.25) is 9.10 Å². The van der Waals surface area contributed by atoms with E-state index in [4.69, 9.17) is 25.8 Å². The Morgan fingerprint density at radius 1 is 1.06 bits per heavy atom. The van der Waals surface area contributed by atoms with Crippen molar-refractivity contribution in [1.82, 2.24) is 5.32 Å². The van der Waals surface area contributed by atoms with Gasteiger partial charge < -0.3 is 19.5 Å². The van der Waals surface area contributed by atoms with Gasteiger partial charge in [-0.2, -0.15) is 0 Å². The fourth-order valence-electron chi connectivity index (χ4n) is 3.42. The van der Waals surface area contributed by atoms with Crippen molar-refractivity contribution in [2.75, 3.05) is 31.9 Å². The summed E-state index contributed by atoms with van der Waals surface area (Å²) in [5, 5.41) is 3.13. The van der Waals surface area contributed by atoms with Gasteiger partial charge in [-0.15, -0.1) is 0 Å². The van der Waals surface area contributed by atoms with E-state index in [1.54, 1.807) is 51.3 Å². The summed E-state index contributed by atoms with van der Waals surface area (Å²) < 4.78 is 42.2. The summed E-state index contributed by atoms with van der Waals surface area (Å²) in [5.74, 6) is 1.13. The lowest BCUT2D eigenvalue weighted by Crippen LogP contribution is -2.49. The molecular weight excluding hydrogens is 456 g/mol. The normalized spacial score (nSPS) is 13.1. The first-order valence-electron chi connectivity index (χ1n) is 9.92. The molecule has 2 atom stereocenters. The van der Waals surface area contributed by atoms with Gasteiger partial charge in [0.25, 0.3) is 0 Å². The SMILES string of the molecule is CC[C@@H](C(=O)N[C@H](C)c1cc(OC)ccc1OC)N(c1ccc(OC)c(Cl)c1)S(C)(=O)=O. The fourth-order valence-corrected chi connectivity index (χ4v) is 4.87. The molecule has 0 aromatic heterocycles. The number of amides is 1. The third-order valence-corrected chi connectivity index (χ3v) is 6.46. The number of nitrogens with zero attached hydrogens (tertiary/aromatic N) is 1. The van der Waals surface area contributed by atoms with Gasteiger partial charge in [-0.05, 0) is 49.7 Å². The molecule has 1 amide bonds. The minimum atomic E-state index is -3.81. The van der Waals surface area contributed by atoms with Crippen molar-refractivity contribution in [2.24, 2.45) is 0 Å². The number of rotatable bonds is 10. The van der Waals surface area contributed by atoms with Crippen molar-refractivity contribution in [1.29, 1.82) is 0 Å². The quantitative estimate of drug-likeness (QED) is 0.551. The Labute approximate surface area is 194 Å². The first-order chi connectivity index (χ1) is 15.1. The average Bonchev–Trinajstić information content (AvgIpc) is 2.75. The van der Waals surface area contributed by atoms with E-state index in [0.717, 1.165) is 10.6 Å². The van der Waals surface area contributed by atoms with Gasteiger partial charge in [-0.25, -0.2) is 8.42 Å². The fraction of sp³-hybridized carbons (Fsp3) is 0.409. The molecule has 10 heteroatoms. The lowest BCUT2D eigenvalue weighted by Gasteiger charge is -2.31. The van der Waals surface area contributed by atoms with Crippen molar-refractivity contribution in [3.8, 4) is 17.2 Å². The number of sulfonamides is 1. The minimum absolute atomic E-state index is 0.239. The number of ether oxygens (including phenoxy) is 3. The number of carbonyl (C=O) groups excluding carboxylic acids is 1. The maximum Gasteiger partial charge on any atom is 0.244 e. The molecule has 0 aliphatic rings. The summed E-state index contributed by atoms with van der Waals surface area (Å²) in [5.41, 5.74) is 0.973. The molecule has 0 fully saturated rings. The van der Waals surface area contributed by atoms with E-state index < -0.39 is 28.0 Å². The zero-order valence-electron chi connectivity index (χ0n) is 19.0. The summed E-state index contributed by atoms with van der Waals surface area (Å²) in [6, 6.07) is 8.38. The van der Waals surface area contributed by atoms with Crippen LogP contribution in [0.15, 0.2) is 36.4 Å². The predicted octanol–water partition coefficient (Wildman–Crippen LogP) is 3.79. The number of carbonyl (C=O) groups is 1. The minimum Gasteiger partial charge on any atom is -0.497 e. The molecule has 0 radical (unpaired) electrons. The molecular formula is C22H29ClN2O6S. The zero-order chi connectivity index (χ0) is 24.1. The molecule has 1 N–H and O–H groups in total. The lowest BCUT2D eigenvalue weighted by atomic mass is 10.1. The molecule has 0 unspecified atom stereocenters. The van der Waals surface area contributed by atoms with Crippen LogP contribution in [0, 0.1) is 0 Å². The van der Waals surface area contributed by atoms with Crippen molar-refractivity contribution in [3.05, 3.63) is 47.0 Å². The molecule has 2 rings (SSSR count). The second-order valence-corrected chi connectivity index (χ2v) is 9.41. The summed E-state index contributed by atoms with van der Waals surface area (Å²) in [6.45, 7) is 3.53. The Morgan fingerprint density at radius 3 is 2.19 bits per heavy atom. The Morgan fingerprint density at radius 2 is 1.69 bits per heavy atom. The van der Waals surface area contributed by atoms with Gasteiger partial charge in [0.1, 0.15) is 23.3 Å². The molecule has 2 aromatic carbocycles. The number of anilines is 1. The molecule has 0 saturated carbocycles. The Balaban J connectivity index is 2.40. The van der Waals surface area contributed by atoms with Crippen LogP contribution in [0.1, 0.15) is 31.9 Å². The Bertz CT molecular complexity index is 1060. The average molecular weight is 485 g/mol.